The van der Waals surface area contributed by atoms with Crippen molar-refractivity contribution in [3.05, 3.63) is 0 Å². The molecule has 0 fully saturated rings. The van der Waals surface area contributed by atoms with E-state index < -0.39 is 0 Å². The number of rotatable bonds is 10. The zero-order valence-electron chi connectivity index (χ0n) is 9.67. The van der Waals surface area contributed by atoms with Crippen molar-refractivity contribution < 1.29 is 14.3 Å². The van der Waals surface area contributed by atoms with Gasteiger partial charge in [0.25, 0.3) is 0 Å². The van der Waals surface area contributed by atoms with Crippen molar-refractivity contribution in [3.8, 4) is 0 Å². The van der Waals surface area contributed by atoms with Crippen LogP contribution in [0.5, 0.6) is 0 Å². The SMILES string of the molecule is COCCCCNCC(=O)NCCOC. The predicted octanol–water partition coefficient (Wildman–Crippen LogP) is -0.235. The molecule has 0 spiro atoms. The average Bonchev–Trinajstić information content (AvgIpc) is 2.23. The van der Waals surface area contributed by atoms with Gasteiger partial charge in [-0.1, -0.05) is 0 Å². The van der Waals surface area contributed by atoms with Crippen molar-refractivity contribution in [2.75, 3.05) is 47.1 Å². The average molecular weight is 218 g/mol. The fourth-order valence-electron chi connectivity index (χ4n) is 1.05. The number of hydrogen-bond acceptors (Lipinski definition) is 4. The fourth-order valence-corrected chi connectivity index (χ4v) is 1.05. The van der Waals surface area contributed by atoms with Crippen LogP contribution in [0.25, 0.3) is 0 Å². The van der Waals surface area contributed by atoms with Crippen molar-refractivity contribution in [2.45, 2.75) is 12.8 Å². The van der Waals surface area contributed by atoms with E-state index in [1.165, 1.54) is 0 Å². The molecule has 0 saturated carbocycles. The van der Waals surface area contributed by atoms with Crippen LogP contribution in [0.3, 0.4) is 0 Å². The zero-order chi connectivity index (χ0) is 11.4. The molecule has 90 valence electrons. The van der Waals surface area contributed by atoms with Gasteiger partial charge >= 0.3 is 0 Å². The Morgan fingerprint density at radius 1 is 1.07 bits per heavy atom. The van der Waals surface area contributed by atoms with E-state index in [9.17, 15) is 4.79 Å². The summed E-state index contributed by atoms with van der Waals surface area (Å²) >= 11 is 0. The molecule has 0 radical (unpaired) electrons. The summed E-state index contributed by atoms with van der Waals surface area (Å²) in [6, 6.07) is 0. The quantitative estimate of drug-likeness (QED) is 0.497. The van der Waals surface area contributed by atoms with Crippen molar-refractivity contribution in [1.82, 2.24) is 10.6 Å². The Hall–Kier alpha value is -0.650. The van der Waals surface area contributed by atoms with Gasteiger partial charge in [-0.15, -0.1) is 0 Å². The van der Waals surface area contributed by atoms with Crippen LogP contribution in [0.1, 0.15) is 12.8 Å². The molecule has 1 amide bonds. The summed E-state index contributed by atoms with van der Waals surface area (Å²) in [5.74, 6) is 0.0128. The number of unbranched alkanes of at least 4 members (excludes halogenated alkanes) is 1. The summed E-state index contributed by atoms with van der Waals surface area (Å²) in [6.07, 6.45) is 2.05. The summed E-state index contributed by atoms with van der Waals surface area (Å²) in [7, 11) is 3.30. The molecule has 0 unspecified atom stereocenters. The van der Waals surface area contributed by atoms with Crippen LogP contribution in [0.4, 0.5) is 0 Å². The molecule has 15 heavy (non-hydrogen) atoms. The van der Waals surface area contributed by atoms with Crippen LogP contribution >= 0.6 is 0 Å². The minimum atomic E-state index is 0.0128. The Morgan fingerprint density at radius 3 is 2.47 bits per heavy atom. The second-order valence-corrected chi connectivity index (χ2v) is 3.22. The third-order valence-electron chi connectivity index (χ3n) is 1.87. The molecule has 0 aromatic heterocycles. The van der Waals surface area contributed by atoms with Crippen molar-refractivity contribution in [2.24, 2.45) is 0 Å². The van der Waals surface area contributed by atoms with Crippen molar-refractivity contribution in [3.63, 3.8) is 0 Å². The highest BCUT2D eigenvalue weighted by molar-refractivity contribution is 5.77. The van der Waals surface area contributed by atoms with Gasteiger partial charge in [-0.2, -0.15) is 0 Å². The van der Waals surface area contributed by atoms with Gasteiger partial charge in [-0.3, -0.25) is 4.79 Å². The van der Waals surface area contributed by atoms with Crippen LogP contribution in [0.2, 0.25) is 0 Å². The molecule has 0 aromatic carbocycles. The van der Waals surface area contributed by atoms with Crippen molar-refractivity contribution >= 4 is 5.91 Å². The molecule has 0 aliphatic rings. The van der Waals surface area contributed by atoms with E-state index in [4.69, 9.17) is 9.47 Å². The molecule has 2 N–H and O–H groups in total. The maximum absolute atomic E-state index is 11.2. The van der Waals surface area contributed by atoms with Crippen LogP contribution < -0.4 is 10.6 Å². The lowest BCUT2D eigenvalue weighted by Crippen LogP contribution is -2.35. The van der Waals surface area contributed by atoms with E-state index in [-0.39, 0.29) is 5.91 Å². The molecule has 0 bridgehead atoms. The largest absolute Gasteiger partial charge is 0.385 e. The highest BCUT2D eigenvalue weighted by Gasteiger charge is 1.98. The first kappa shape index (κ1) is 14.3. The predicted molar refractivity (Wildman–Crippen MR) is 58.9 cm³/mol. The lowest BCUT2D eigenvalue weighted by Gasteiger charge is -2.05. The Labute approximate surface area is 91.5 Å². The second-order valence-electron chi connectivity index (χ2n) is 3.22. The molecule has 0 atom stereocenters. The summed E-state index contributed by atoms with van der Waals surface area (Å²) < 4.78 is 9.73. The number of ether oxygens (including phenoxy) is 2. The molecule has 0 rings (SSSR count). The summed E-state index contributed by atoms with van der Waals surface area (Å²) in [5.41, 5.74) is 0. The van der Waals surface area contributed by atoms with Crippen LogP contribution in [-0.2, 0) is 14.3 Å². The van der Waals surface area contributed by atoms with E-state index in [0.29, 0.717) is 19.7 Å². The Morgan fingerprint density at radius 2 is 1.80 bits per heavy atom. The first-order valence-corrected chi connectivity index (χ1v) is 5.26. The lowest BCUT2D eigenvalue weighted by atomic mass is 10.3. The topological polar surface area (TPSA) is 59.6 Å². The Balaban J connectivity index is 3.10. The number of nitrogens with one attached hydrogen (secondary N) is 2. The maximum Gasteiger partial charge on any atom is 0.234 e. The minimum absolute atomic E-state index is 0.0128. The van der Waals surface area contributed by atoms with Gasteiger partial charge in [0.2, 0.25) is 5.91 Å². The van der Waals surface area contributed by atoms with Crippen LogP contribution in [0, 0.1) is 0 Å². The number of carbonyl (C=O) groups excluding carboxylic acids is 1. The molecule has 5 heteroatoms. The molecule has 0 heterocycles. The minimum Gasteiger partial charge on any atom is -0.385 e. The van der Waals surface area contributed by atoms with E-state index in [1.807, 2.05) is 0 Å². The van der Waals surface area contributed by atoms with Gasteiger partial charge < -0.3 is 20.1 Å². The smallest absolute Gasteiger partial charge is 0.234 e. The number of hydrogen-bond donors (Lipinski definition) is 2. The third-order valence-corrected chi connectivity index (χ3v) is 1.87. The highest BCUT2D eigenvalue weighted by atomic mass is 16.5. The summed E-state index contributed by atoms with van der Waals surface area (Å²) in [5, 5.41) is 5.80. The van der Waals surface area contributed by atoms with E-state index in [1.54, 1.807) is 14.2 Å². The van der Waals surface area contributed by atoms with Crippen LogP contribution in [0.15, 0.2) is 0 Å². The number of amides is 1. The van der Waals surface area contributed by atoms with E-state index in [0.717, 1.165) is 26.0 Å². The summed E-state index contributed by atoms with van der Waals surface area (Å²) in [6.45, 7) is 3.12. The van der Waals surface area contributed by atoms with Crippen LogP contribution in [-0.4, -0.2) is 53.0 Å². The second kappa shape index (κ2) is 11.4. The standard InChI is InChI=1S/C10H22N2O3/c1-14-7-4-3-5-11-9-10(13)12-6-8-15-2/h11H,3-9H2,1-2H3,(H,12,13). The van der Waals surface area contributed by atoms with Gasteiger partial charge in [0.05, 0.1) is 13.2 Å². The highest BCUT2D eigenvalue weighted by Crippen LogP contribution is 1.85. The normalized spacial score (nSPS) is 10.3. The van der Waals surface area contributed by atoms with Gasteiger partial charge in [0.1, 0.15) is 0 Å². The molecule has 0 aromatic rings. The van der Waals surface area contributed by atoms with Gasteiger partial charge in [0, 0.05) is 27.4 Å². The Kier molecular flexibility index (Phi) is 10.9. The zero-order valence-corrected chi connectivity index (χ0v) is 9.67. The van der Waals surface area contributed by atoms with Gasteiger partial charge in [-0.05, 0) is 19.4 Å². The first-order valence-electron chi connectivity index (χ1n) is 5.26. The molecular weight excluding hydrogens is 196 g/mol. The molecular formula is C10H22N2O3. The monoisotopic (exact) mass is 218 g/mol. The Bertz CT molecular complexity index is 154. The van der Waals surface area contributed by atoms with E-state index in [2.05, 4.69) is 10.6 Å². The molecule has 5 nitrogen and oxygen atoms in total. The lowest BCUT2D eigenvalue weighted by molar-refractivity contribution is -0.120. The molecule has 0 aliphatic carbocycles. The molecule has 0 aliphatic heterocycles. The molecule has 0 saturated heterocycles. The first-order chi connectivity index (χ1) is 7.31. The number of carbonyl (C=O) groups is 1. The van der Waals surface area contributed by atoms with Crippen molar-refractivity contribution in [1.29, 1.82) is 0 Å². The van der Waals surface area contributed by atoms with Gasteiger partial charge in [0.15, 0.2) is 0 Å². The maximum atomic E-state index is 11.2. The van der Waals surface area contributed by atoms with Gasteiger partial charge in [-0.25, -0.2) is 0 Å². The van der Waals surface area contributed by atoms with E-state index >= 15 is 0 Å². The third kappa shape index (κ3) is 11.3. The summed E-state index contributed by atoms with van der Waals surface area (Å²) in [4.78, 5) is 11.2. The fraction of sp³-hybridized carbons (Fsp3) is 0.900. The number of methoxy groups -OCH3 is 2.